The second-order valence-electron chi connectivity index (χ2n) is 6.29. The van der Waals surface area contributed by atoms with E-state index in [0.717, 1.165) is 12.8 Å². The Morgan fingerprint density at radius 1 is 1.32 bits per heavy atom. The largest absolute Gasteiger partial charge is 0.338 e. The summed E-state index contributed by atoms with van der Waals surface area (Å²) in [6.07, 6.45) is 2.86. The summed E-state index contributed by atoms with van der Waals surface area (Å²) in [7, 11) is -3.17. The number of nitrogens with one attached hydrogen (secondary N) is 2. The highest BCUT2D eigenvalue weighted by molar-refractivity contribution is 7.88. The van der Waals surface area contributed by atoms with Crippen molar-refractivity contribution in [2.45, 2.75) is 39.7 Å². The zero-order chi connectivity index (χ0) is 14.7. The molecule has 0 aromatic carbocycles. The predicted molar refractivity (Wildman–Crippen MR) is 75.4 cm³/mol. The van der Waals surface area contributed by atoms with Crippen LogP contribution in [-0.2, 0) is 10.0 Å². The molecule has 7 heteroatoms. The van der Waals surface area contributed by atoms with E-state index in [2.05, 4.69) is 10.6 Å². The lowest BCUT2D eigenvalue weighted by molar-refractivity contribution is 0.232. The lowest BCUT2D eigenvalue weighted by Gasteiger charge is -2.23. The van der Waals surface area contributed by atoms with Crippen molar-refractivity contribution in [1.29, 1.82) is 0 Å². The summed E-state index contributed by atoms with van der Waals surface area (Å²) < 4.78 is 24.6. The van der Waals surface area contributed by atoms with Crippen LogP contribution in [-0.4, -0.2) is 50.7 Å². The molecule has 0 spiro atoms. The van der Waals surface area contributed by atoms with Crippen LogP contribution in [0.15, 0.2) is 0 Å². The molecule has 1 saturated heterocycles. The van der Waals surface area contributed by atoms with Gasteiger partial charge in [-0.1, -0.05) is 20.8 Å². The molecule has 0 saturated carbocycles. The predicted octanol–water partition coefficient (Wildman–Crippen LogP) is 0.756. The fourth-order valence-corrected chi connectivity index (χ4v) is 3.25. The minimum Gasteiger partial charge on any atom is -0.338 e. The molecule has 0 aliphatic carbocycles. The maximum atomic E-state index is 11.6. The number of sulfonamides is 1. The van der Waals surface area contributed by atoms with Gasteiger partial charge in [0.2, 0.25) is 10.0 Å². The van der Waals surface area contributed by atoms with Crippen LogP contribution >= 0.6 is 0 Å². The second-order valence-corrected chi connectivity index (χ2v) is 8.23. The molecule has 1 heterocycles. The quantitative estimate of drug-likeness (QED) is 0.802. The third-order valence-electron chi connectivity index (χ3n) is 3.03. The Hall–Kier alpha value is -0.820. The summed E-state index contributed by atoms with van der Waals surface area (Å²) in [5.41, 5.74) is 0.0312. The van der Waals surface area contributed by atoms with E-state index >= 15 is 0 Å². The van der Waals surface area contributed by atoms with Gasteiger partial charge in [-0.25, -0.2) is 13.2 Å². The minimum atomic E-state index is -3.17. The van der Waals surface area contributed by atoms with Crippen LogP contribution < -0.4 is 10.6 Å². The SMILES string of the molecule is CC(C)(C)CNC(=O)NCC1CCCN1S(C)(=O)=O. The number of urea groups is 1. The smallest absolute Gasteiger partial charge is 0.314 e. The summed E-state index contributed by atoms with van der Waals surface area (Å²) in [5.74, 6) is 0. The van der Waals surface area contributed by atoms with E-state index in [1.54, 1.807) is 0 Å². The monoisotopic (exact) mass is 291 g/mol. The maximum Gasteiger partial charge on any atom is 0.314 e. The fourth-order valence-electron chi connectivity index (χ4n) is 2.07. The van der Waals surface area contributed by atoms with Crippen LogP contribution in [0.2, 0.25) is 0 Å². The van der Waals surface area contributed by atoms with E-state index in [-0.39, 0.29) is 17.5 Å². The Bertz CT molecular complexity index is 414. The van der Waals surface area contributed by atoms with Crippen molar-refractivity contribution in [3.63, 3.8) is 0 Å². The molecule has 2 N–H and O–H groups in total. The van der Waals surface area contributed by atoms with Gasteiger partial charge in [-0.2, -0.15) is 4.31 Å². The van der Waals surface area contributed by atoms with Crippen LogP contribution in [0.25, 0.3) is 0 Å². The molecule has 0 radical (unpaired) electrons. The number of nitrogens with zero attached hydrogens (tertiary/aromatic N) is 1. The Morgan fingerprint density at radius 3 is 2.47 bits per heavy atom. The zero-order valence-electron chi connectivity index (χ0n) is 12.2. The van der Waals surface area contributed by atoms with Gasteiger partial charge in [-0.05, 0) is 18.3 Å². The van der Waals surface area contributed by atoms with Crippen molar-refractivity contribution >= 4 is 16.1 Å². The van der Waals surface area contributed by atoms with Gasteiger partial charge in [-0.3, -0.25) is 0 Å². The minimum absolute atomic E-state index is 0.0312. The van der Waals surface area contributed by atoms with Crippen LogP contribution in [0.1, 0.15) is 33.6 Å². The average molecular weight is 291 g/mol. The van der Waals surface area contributed by atoms with Gasteiger partial charge in [0.1, 0.15) is 0 Å². The van der Waals surface area contributed by atoms with Gasteiger partial charge in [0.25, 0.3) is 0 Å². The Kier molecular flexibility index (Phi) is 5.20. The number of carbonyl (C=O) groups is 1. The second kappa shape index (κ2) is 6.09. The highest BCUT2D eigenvalue weighted by atomic mass is 32.2. The summed E-state index contributed by atoms with van der Waals surface area (Å²) in [5, 5.41) is 5.53. The third kappa shape index (κ3) is 5.78. The van der Waals surface area contributed by atoms with E-state index < -0.39 is 10.0 Å². The van der Waals surface area contributed by atoms with Crippen molar-refractivity contribution < 1.29 is 13.2 Å². The van der Waals surface area contributed by atoms with Crippen molar-refractivity contribution in [3.8, 4) is 0 Å². The van der Waals surface area contributed by atoms with Crippen molar-refractivity contribution in [2.24, 2.45) is 5.41 Å². The van der Waals surface area contributed by atoms with E-state index in [1.807, 2.05) is 20.8 Å². The summed E-state index contributed by atoms with van der Waals surface area (Å²) in [6.45, 7) is 7.61. The normalized spacial score (nSPS) is 21.4. The molecule has 1 rings (SSSR count). The first-order chi connectivity index (χ1) is 8.59. The van der Waals surface area contributed by atoms with Crippen molar-refractivity contribution in [2.75, 3.05) is 25.9 Å². The highest BCUT2D eigenvalue weighted by Gasteiger charge is 2.31. The van der Waals surface area contributed by atoms with E-state index in [9.17, 15) is 13.2 Å². The van der Waals surface area contributed by atoms with E-state index in [0.29, 0.717) is 19.6 Å². The molecule has 0 aromatic rings. The van der Waals surface area contributed by atoms with Crippen LogP contribution in [0.3, 0.4) is 0 Å². The van der Waals surface area contributed by atoms with Gasteiger partial charge in [0, 0.05) is 25.7 Å². The summed E-state index contributed by atoms with van der Waals surface area (Å²) >= 11 is 0. The van der Waals surface area contributed by atoms with Crippen molar-refractivity contribution in [1.82, 2.24) is 14.9 Å². The van der Waals surface area contributed by atoms with Crippen LogP contribution in [0.5, 0.6) is 0 Å². The van der Waals surface area contributed by atoms with Crippen molar-refractivity contribution in [3.05, 3.63) is 0 Å². The lowest BCUT2D eigenvalue weighted by atomic mass is 9.97. The number of rotatable bonds is 4. The van der Waals surface area contributed by atoms with Gasteiger partial charge in [0.15, 0.2) is 0 Å². The summed E-state index contributed by atoms with van der Waals surface area (Å²) in [4.78, 5) is 11.6. The van der Waals surface area contributed by atoms with Gasteiger partial charge in [-0.15, -0.1) is 0 Å². The molecule has 0 bridgehead atoms. The first-order valence-electron chi connectivity index (χ1n) is 6.58. The van der Waals surface area contributed by atoms with E-state index in [4.69, 9.17) is 0 Å². The van der Waals surface area contributed by atoms with E-state index in [1.165, 1.54) is 10.6 Å². The molecule has 1 unspecified atom stereocenters. The molecular weight excluding hydrogens is 266 g/mol. The molecule has 6 nitrogen and oxygen atoms in total. The number of carbonyl (C=O) groups excluding carboxylic acids is 1. The Morgan fingerprint density at radius 2 is 1.95 bits per heavy atom. The maximum absolute atomic E-state index is 11.6. The van der Waals surface area contributed by atoms with Gasteiger partial charge in [0.05, 0.1) is 6.26 Å². The highest BCUT2D eigenvalue weighted by Crippen LogP contribution is 2.19. The number of amides is 2. The molecule has 2 amide bonds. The molecule has 1 atom stereocenters. The molecule has 112 valence electrons. The molecule has 1 aliphatic heterocycles. The Labute approximate surface area is 116 Å². The molecule has 19 heavy (non-hydrogen) atoms. The summed E-state index contributed by atoms with van der Waals surface area (Å²) in [6, 6.07) is -0.356. The average Bonchev–Trinajstić information content (AvgIpc) is 2.70. The lowest BCUT2D eigenvalue weighted by Crippen LogP contribution is -2.46. The molecule has 1 fully saturated rings. The standard InChI is InChI=1S/C12H25N3O3S/c1-12(2,3)9-14-11(16)13-8-10-6-5-7-15(10)19(4,17)18/h10H,5-9H2,1-4H3,(H2,13,14,16). The number of hydrogen-bond acceptors (Lipinski definition) is 3. The van der Waals surface area contributed by atoms with Gasteiger partial charge >= 0.3 is 6.03 Å². The molecular formula is C12H25N3O3S. The number of hydrogen-bond donors (Lipinski definition) is 2. The first-order valence-corrected chi connectivity index (χ1v) is 8.43. The Balaban J connectivity index is 2.38. The van der Waals surface area contributed by atoms with Gasteiger partial charge < -0.3 is 10.6 Å². The molecule has 0 aromatic heterocycles. The fraction of sp³-hybridized carbons (Fsp3) is 0.917. The topological polar surface area (TPSA) is 78.5 Å². The molecule has 1 aliphatic rings. The van der Waals surface area contributed by atoms with Crippen LogP contribution in [0.4, 0.5) is 4.79 Å². The third-order valence-corrected chi connectivity index (χ3v) is 4.36. The first kappa shape index (κ1) is 16.2. The zero-order valence-corrected chi connectivity index (χ0v) is 13.0. The van der Waals surface area contributed by atoms with Crippen LogP contribution in [0, 0.1) is 5.41 Å².